The van der Waals surface area contributed by atoms with E-state index in [1.54, 1.807) is 29.3 Å². The molecule has 19 heavy (non-hydrogen) atoms. The van der Waals surface area contributed by atoms with Crippen molar-refractivity contribution in [2.24, 2.45) is 0 Å². The average Bonchev–Trinajstić information content (AvgIpc) is 3.07. The summed E-state index contributed by atoms with van der Waals surface area (Å²) in [6.45, 7) is 1.95. The molecule has 4 nitrogen and oxygen atoms in total. The summed E-state index contributed by atoms with van der Waals surface area (Å²) in [5.41, 5.74) is 6.58. The van der Waals surface area contributed by atoms with E-state index in [0.29, 0.717) is 11.0 Å². The van der Waals surface area contributed by atoms with Crippen LogP contribution in [0.15, 0.2) is 32.3 Å². The molecule has 3 aromatic rings. The van der Waals surface area contributed by atoms with Crippen molar-refractivity contribution >= 4 is 39.6 Å². The summed E-state index contributed by atoms with van der Waals surface area (Å²) in [6.07, 6.45) is 1.79. The normalized spacial score (nSPS) is 11.0. The Morgan fingerprint density at radius 1 is 1.47 bits per heavy atom. The van der Waals surface area contributed by atoms with Crippen LogP contribution in [0.25, 0.3) is 10.8 Å². The molecule has 0 aromatic carbocycles. The molecule has 0 aliphatic heterocycles. The third-order valence-corrected chi connectivity index (χ3v) is 5.37. The zero-order valence-electron chi connectivity index (χ0n) is 10.1. The first-order valence-electron chi connectivity index (χ1n) is 5.56. The van der Waals surface area contributed by atoms with E-state index in [4.69, 9.17) is 10.2 Å². The molecule has 7 heteroatoms. The minimum Gasteiger partial charge on any atom is -0.440 e. The van der Waals surface area contributed by atoms with Crippen LogP contribution in [0, 0.1) is 6.92 Å². The van der Waals surface area contributed by atoms with Crippen LogP contribution in [0.5, 0.6) is 0 Å². The number of nitrogens with two attached hydrogens (primary N) is 1. The Kier molecular flexibility index (Phi) is 3.58. The maximum absolute atomic E-state index is 5.70. The van der Waals surface area contributed by atoms with E-state index in [0.717, 1.165) is 26.3 Å². The molecule has 0 amide bonds. The molecule has 3 heterocycles. The molecule has 3 rings (SSSR count). The van der Waals surface area contributed by atoms with Crippen molar-refractivity contribution in [3.05, 3.63) is 35.2 Å². The highest BCUT2D eigenvalue weighted by Gasteiger charge is 2.12. The topological polar surface area (TPSA) is 64.9 Å². The summed E-state index contributed by atoms with van der Waals surface area (Å²) >= 11 is 4.80. The van der Waals surface area contributed by atoms with Gasteiger partial charge in [0.1, 0.15) is 5.76 Å². The number of rotatable bonds is 4. The molecule has 0 spiro atoms. The minimum absolute atomic E-state index is 0.596. The molecule has 0 radical (unpaired) electrons. The molecule has 0 unspecified atom stereocenters. The lowest BCUT2D eigenvalue weighted by atomic mass is 10.4. The van der Waals surface area contributed by atoms with Crippen LogP contribution in [0.4, 0.5) is 5.13 Å². The Morgan fingerprint density at radius 3 is 3.05 bits per heavy atom. The van der Waals surface area contributed by atoms with Crippen LogP contribution in [0.3, 0.4) is 0 Å². The fourth-order valence-electron chi connectivity index (χ4n) is 1.55. The number of thiazole rings is 1. The highest BCUT2D eigenvalue weighted by Crippen LogP contribution is 2.32. The van der Waals surface area contributed by atoms with Crippen molar-refractivity contribution in [1.29, 1.82) is 0 Å². The molecular formula is C12H11N3OS3. The highest BCUT2D eigenvalue weighted by atomic mass is 32.2. The number of oxazole rings is 1. The van der Waals surface area contributed by atoms with Crippen LogP contribution in [0.1, 0.15) is 11.5 Å². The van der Waals surface area contributed by atoms with Crippen molar-refractivity contribution in [2.45, 2.75) is 16.9 Å². The van der Waals surface area contributed by atoms with Crippen molar-refractivity contribution in [3.8, 4) is 10.8 Å². The number of aryl methyl sites for hydroxylation is 1. The highest BCUT2D eigenvalue weighted by molar-refractivity contribution is 8.00. The number of thiophene rings is 1. The number of nitrogen functional groups attached to an aromatic ring is 1. The molecule has 0 aliphatic rings. The number of hydrogen-bond donors (Lipinski definition) is 1. The van der Waals surface area contributed by atoms with Gasteiger partial charge in [-0.3, -0.25) is 0 Å². The molecule has 0 bridgehead atoms. The SMILES string of the molecule is Cc1oc(-c2cccs2)nc1CSc1cnc(N)s1. The maximum atomic E-state index is 5.70. The average molecular weight is 309 g/mol. The van der Waals surface area contributed by atoms with Gasteiger partial charge in [-0.1, -0.05) is 17.4 Å². The zero-order valence-corrected chi connectivity index (χ0v) is 12.6. The second kappa shape index (κ2) is 5.36. The molecule has 0 aliphatic carbocycles. The predicted octanol–water partition coefficient (Wildman–Crippen LogP) is 4.04. The van der Waals surface area contributed by atoms with Crippen LogP contribution in [-0.2, 0) is 5.75 Å². The van der Waals surface area contributed by atoms with Crippen molar-refractivity contribution in [2.75, 3.05) is 5.73 Å². The smallest absolute Gasteiger partial charge is 0.236 e. The summed E-state index contributed by atoms with van der Waals surface area (Å²) in [7, 11) is 0. The quantitative estimate of drug-likeness (QED) is 0.737. The number of aromatic nitrogens is 2. The number of thioether (sulfide) groups is 1. The van der Waals surface area contributed by atoms with E-state index in [-0.39, 0.29) is 0 Å². The first kappa shape index (κ1) is 12.7. The lowest BCUT2D eigenvalue weighted by Crippen LogP contribution is -1.83. The van der Waals surface area contributed by atoms with Crippen LogP contribution >= 0.6 is 34.4 Å². The van der Waals surface area contributed by atoms with Crippen molar-refractivity contribution in [1.82, 2.24) is 9.97 Å². The number of anilines is 1. The summed E-state index contributed by atoms with van der Waals surface area (Å²) in [6, 6.07) is 4.00. The van der Waals surface area contributed by atoms with Gasteiger partial charge < -0.3 is 10.2 Å². The van der Waals surface area contributed by atoms with E-state index in [2.05, 4.69) is 9.97 Å². The van der Waals surface area contributed by atoms with Gasteiger partial charge >= 0.3 is 0 Å². The molecule has 98 valence electrons. The molecular weight excluding hydrogens is 298 g/mol. The maximum Gasteiger partial charge on any atom is 0.236 e. The second-order valence-corrected chi connectivity index (χ2v) is 7.09. The van der Waals surface area contributed by atoms with Gasteiger partial charge in [-0.2, -0.15) is 0 Å². The summed E-state index contributed by atoms with van der Waals surface area (Å²) in [4.78, 5) is 9.64. The van der Waals surface area contributed by atoms with E-state index in [1.807, 2.05) is 24.4 Å². The molecule has 2 N–H and O–H groups in total. The number of hydrogen-bond acceptors (Lipinski definition) is 7. The monoisotopic (exact) mass is 309 g/mol. The van der Waals surface area contributed by atoms with E-state index in [1.165, 1.54) is 11.3 Å². The van der Waals surface area contributed by atoms with E-state index >= 15 is 0 Å². The predicted molar refractivity (Wildman–Crippen MR) is 80.6 cm³/mol. The number of nitrogens with zero attached hydrogens (tertiary/aromatic N) is 2. The standard InChI is InChI=1S/C12H11N3OS3/c1-7-8(6-18-10-5-14-12(13)19-10)15-11(16-7)9-3-2-4-17-9/h2-5H,6H2,1H3,(H2,13,14). The Hall–Kier alpha value is -1.31. The Morgan fingerprint density at radius 2 is 2.37 bits per heavy atom. The largest absolute Gasteiger partial charge is 0.440 e. The fourth-order valence-corrected chi connectivity index (χ4v) is 3.95. The second-order valence-electron chi connectivity index (χ2n) is 3.81. The Balaban J connectivity index is 1.75. The summed E-state index contributed by atoms with van der Waals surface area (Å²) in [5, 5.41) is 2.61. The van der Waals surface area contributed by atoms with Gasteiger partial charge in [0.05, 0.1) is 21.0 Å². The molecule has 0 fully saturated rings. The van der Waals surface area contributed by atoms with E-state index in [9.17, 15) is 0 Å². The zero-order chi connectivity index (χ0) is 13.2. The van der Waals surface area contributed by atoms with Crippen LogP contribution in [0.2, 0.25) is 0 Å². The lowest BCUT2D eigenvalue weighted by Gasteiger charge is -1.93. The fraction of sp³-hybridized carbons (Fsp3) is 0.167. The van der Waals surface area contributed by atoms with E-state index < -0.39 is 0 Å². The van der Waals surface area contributed by atoms with Gasteiger partial charge in [-0.25, -0.2) is 9.97 Å². The van der Waals surface area contributed by atoms with Crippen LogP contribution in [-0.4, -0.2) is 9.97 Å². The van der Waals surface area contributed by atoms with Gasteiger partial charge in [0.15, 0.2) is 5.13 Å². The van der Waals surface area contributed by atoms with Gasteiger partial charge in [0, 0.05) is 5.75 Å². The first-order valence-corrected chi connectivity index (χ1v) is 8.25. The summed E-state index contributed by atoms with van der Waals surface area (Å²) in [5.74, 6) is 2.34. The minimum atomic E-state index is 0.596. The third kappa shape index (κ3) is 2.83. The Bertz CT molecular complexity index is 672. The van der Waals surface area contributed by atoms with Crippen molar-refractivity contribution in [3.63, 3.8) is 0 Å². The van der Waals surface area contributed by atoms with Crippen molar-refractivity contribution < 1.29 is 4.42 Å². The first-order chi connectivity index (χ1) is 9.22. The lowest BCUT2D eigenvalue weighted by molar-refractivity contribution is 0.542. The molecule has 0 saturated heterocycles. The Labute approximate surface area is 122 Å². The van der Waals surface area contributed by atoms with Gasteiger partial charge in [-0.05, 0) is 18.4 Å². The van der Waals surface area contributed by atoms with Gasteiger partial charge in [0.2, 0.25) is 5.89 Å². The van der Waals surface area contributed by atoms with Crippen LogP contribution < -0.4 is 5.73 Å². The van der Waals surface area contributed by atoms with Gasteiger partial charge in [0.25, 0.3) is 0 Å². The third-order valence-electron chi connectivity index (χ3n) is 2.48. The summed E-state index contributed by atoms with van der Waals surface area (Å²) < 4.78 is 6.80. The molecule has 0 saturated carbocycles. The molecule has 0 atom stereocenters. The van der Waals surface area contributed by atoms with Gasteiger partial charge in [-0.15, -0.1) is 23.1 Å². The molecule has 3 aromatic heterocycles.